The Morgan fingerprint density at radius 1 is 0.403 bits per heavy atom. The number of ether oxygens (including phenoxy) is 4. The molecule has 0 aliphatic carbocycles. The molecule has 0 radical (unpaired) electrons. The number of esters is 2. The summed E-state index contributed by atoms with van der Waals surface area (Å²) in [7, 11) is 2.82. The highest BCUT2D eigenvalue weighted by Gasteiger charge is 2.29. The van der Waals surface area contributed by atoms with Crippen molar-refractivity contribution < 1.29 is 38.4 Å². The zero-order valence-electron chi connectivity index (χ0n) is 47.6. The van der Waals surface area contributed by atoms with Crippen LogP contribution in [0.3, 0.4) is 0 Å². The Morgan fingerprint density at radius 2 is 0.694 bits per heavy atom. The van der Waals surface area contributed by atoms with Crippen LogP contribution in [-0.2, 0) is 20.8 Å². The van der Waals surface area contributed by atoms with Crippen molar-refractivity contribution in [1.82, 2.24) is 0 Å². The number of carboxylic acids is 1. The number of methoxy groups -OCH3 is 2. The van der Waals surface area contributed by atoms with Crippen molar-refractivity contribution in [3.8, 4) is 23.0 Å². The molecule has 0 aliphatic rings. The largest absolute Gasteiger partial charge is 0.490 e. The van der Waals surface area contributed by atoms with Crippen LogP contribution in [0.4, 0.5) is 0 Å². The Kier molecular flexibility index (Phi) is 33.6. The summed E-state index contributed by atoms with van der Waals surface area (Å²) >= 11 is 0. The Bertz CT molecular complexity index is 2190. The van der Waals surface area contributed by atoms with Crippen LogP contribution in [-0.4, -0.2) is 37.2 Å². The van der Waals surface area contributed by atoms with E-state index in [2.05, 4.69) is 131 Å². The second-order valence-corrected chi connectivity index (χ2v) is 20.3. The highest BCUT2D eigenvalue weighted by molar-refractivity contribution is 5.81. The molecule has 0 saturated carbocycles. The zero-order chi connectivity index (χ0) is 54.0. The number of benzene rings is 1. The Balaban J connectivity index is 2.67. The lowest BCUT2D eigenvalue weighted by Crippen LogP contribution is -2.15. The molecule has 8 nitrogen and oxygen atoms in total. The van der Waals surface area contributed by atoms with Gasteiger partial charge in [-0.2, -0.15) is 0 Å². The lowest BCUT2D eigenvalue weighted by Gasteiger charge is -2.22. The number of hydrogen-bond acceptors (Lipinski definition) is 7. The summed E-state index contributed by atoms with van der Waals surface area (Å²) in [5.74, 6) is -1.80. The number of hydrogen-bond donors (Lipinski definition) is 1. The van der Waals surface area contributed by atoms with Gasteiger partial charge in [-0.1, -0.05) is 110 Å². The molecule has 0 atom stereocenters. The van der Waals surface area contributed by atoms with Gasteiger partial charge in [0.2, 0.25) is 11.5 Å². The summed E-state index contributed by atoms with van der Waals surface area (Å²) < 4.78 is 22.9. The smallest absolute Gasteiger partial charge is 0.311 e. The van der Waals surface area contributed by atoms with Crippen molar-refractivity contribution in [2.75, 3.05) is 14.2 Å². The van der Waals surface area contributed by atoms with Crippen molar-refractivity contribution >= 4 is 17.9 Å². The molecule has 0 saturated heterocycles. The van der Waals surface area contributed by atoms with E-state index < -0.39 is 17.9 Å². The van der Waals surface area contributed by atoms with Gasteiger partial charge in [-0.25, -0.2) is 0 Å². The molecule has 0 amide bonds. The van der Waals surface area contributed by atoms with Crippen molar-refractivity contribution in [1.29, 1.82) is 0 Å². The molecule has 400 valence electrons. The van der Waals surface area contributed by atoms with Crippen molar-refractivity contribution in [3.63, 3.8) is 0 Å². The van der Waals surface area contributed by atoms with Crippen LogP contribution in [0.25, 0.3) is 0 Å². The molecule has 1 aromatic rings. The van der Waals surface area contributed by atoms with E-state index in [0.29, 0.717) is 24.0 Å². The first kappa shape index (κ1) is 64.6. The van der Waals surface area contributed by atoms with Gasteiger partial charge in [0.15, 0.2) is 11.5 Å². The second kappa shape index (κ2) is 37.4. The maximum atomic E-state index is 13.0. The van der Waals surface area contributed by atoms with E-state index in [1.807, 2.05) is 6.92 Å². The molecular formula is C64H96O8. The van der Waals surface area contributed by atoms with E-state index in [4.69, 9.17) is 24.1 Å². The first-order valence-electron chi connectivity index (χ1n) is 26.6. The molecule has 72 heavy (non-hydrogen) atoms. The SMILES string of the molecule is C=C(C)CCC(=O)Oc1c(C/C=C(\C)CC/C=C(\C)CC/C=C(\C)CC/C=C(\C)CC/C=C(\C)CC/C=C(\C)CC/C=C(\C)CC/C=C(\C)CCC=C(C)C)c(C)c(OC(=O)CCC(=O)O)c(OC)c1OC. The van der Waals surface area contributed by atoms with Gasteiger partial charge < -0.3 is 24.1 Å². The van der Waals surface area contributed by atoms with E-state index >= 15 is 0 Å². The van der Waals surface area contributed by atoms with E-state index in [1.54, 1.807) is 6.92 Å². The van der Waals surface area contributed by atoms with Gasteiger partial charge >= 0.3 is 17.9 Å². The van der Waals surface area contributed by atoms with E-state index in [9.17, 15) is 14.4 Å². The van der Waals surface area contributed by atoms with Crippen molar-refractivity contribution in [3.05, 3.63) is 128 Å². The predicted octanol–water partition coefficient (Wildman–Crippen LogP) is 18.4. The highest BCUT2D eigenvalue weighted by Crippen LogP contribution is 2.50. The van der Waals surface area contributed by atoms with Gasteiger partial charge in [0.25, 0.3) is 0 Å². The van der Waals surface area contributed by atoms with Crippen molar-refractivity contribution in [2.45, 2.75) is 218 Å². The Morgan fingerprint density at radius 3 is 1.00 bits per heavy atom. The molecule has 0 aliphatic heterocycles. The third kappa shape index (κ3) is 29.8. The zero-order valence-corrected chi connectivity index (χ0v) is 47.6. The normalized spacial score (nSPS) is 13.3. The molecule has 1 aromatic carbocycles. The van der Waals surface area contributed by atoms with E-state index in [0.717, 1.165) is 107 Å². The average Bonchev–Trinajstić information content (AvgIpc) is 3.30. The predicted molar refractivity (Wildman–Crippen MR) is 304 cm³/mol. The number of allylic oxidation sites excluding steroid dienone is 19. The summed E-state index contributed by atoms with van der Waals surface area (Å²) in [6.07, 6.45) is 38.8. The van der Waals surface area contributed by atoms with Crippen LogP contribution < -0.4 is 18.9 Å². The minimum absolute atomic E-state index is 0.0818. The topological polar surface area (TPSA) is 108 Å². The van der Waals surface area contributed by atoms with Crippen molar-refractivity contribution in [2.24, 2.45) is 0 Å². The number of carboxylic acid groups (broad SMARTS) is 1. The fraction of sp³-hybridized carbons (Fsp3) is 0.547. The summed E-state index contributed by atoms with van der Waals surface area (Å²) in [5.41, 5.74) is 14.8. The van der Waals surface area contributed by atoms with E-state index in [1.165, 1.54) is 65.2 Å². The quantitative estimate of drug-likeness (QED) is 0.0402. The molecule has 0 bridgehead atoms. The second-order valence-electron chi connectivity index (χ2n) is 20.3. The van der Waals surface area contributed by atoms with Gasteiger partial charge in [-0.15, -0.1) is 6.58 Å². The lowest BCUT2D eigenvalue weighted by molar-refractivity contribution is -0.142. The monoisotopic (exact) mass is 993 g/mol. The van der Waals surface area contributed by atoms with Gasteiger partial charge in [-0.05, 0) is 199 Å². The number of aliphatic carboxylic acids is 1. The molecule has 0 heterocycles. The standard InChI is InChI=1S/C64H96O8/c1-46(2)24-16-25-48(5)26-17-27-49(6)28-18-29-50(7)30-19-31-51(8)32-20-33-52(9)34-21-35-53(10)36-22-37-54(11)38-23-39-55(12)41-42-57-56(13)61(71-60(68)45-43-58(65)66)63(69-14)64(70-15)62(57)72-59(67)44-40-47(3)4/h24,26,28,30,32,34,36,38,41H,3,16-23,25,27,29,31,33,35,37,39-40,42-45H2,1-2,4-15H3,(H,65,66)/b48-26+,49-28+,50-30+,51-32+,52-34+,53-36+,54-38+,55-41+. The molecule has 1 rings (SSSR count). The van der Waals surface area contributed by atoms with E-state index in [-0.39, 0.29) is 42.3 Å². The molecule has 0 unspecified atom stereocenters. The highest BCUT2D eigenvalue weighted by atomic mass is 16.6. The van der Waals surface area contributed by atoms with Crippen LogP contribution in [0, 0.1) is 6.92 Å². The Hall–Kier alpha value is -5.37. The first-order chi connectivity index (χ1) is 34.2. The maximum Gasteiger partial charge on any atom is 0.311 e. The third-order valence-corrected chi connectivity index (χ3v) is 12.8. The van der Waals surface area contributed by atoms with Gasteiger partial charge in [0.05, 0.1) is 27.1 Å². The van der Waals surface area contributed by atoms with Gasteiger partial charge in [-0.3, -0.25) is 14.4 Å². The number of rotatable bonds is 36. The van der Waals surface area contributed by atoms with Crippen LogP contribution in [0.2, 0.25) is 0 Å². The van der Waals surface area contributed by atoms with Gasteiger partial charge in [0, 0.05) is 17.5 Å². The summed E-state index contributed by atoms with van der Waals surface area (Å²) in [4.78, 5) is 36.8. The summed E-state index contributed by atoms with van der Waals surface area (Å²) in [5, 5.41) is 9.09. The Labute approximate surface area is 437 Å². The minimum atomic E-state index is -1.11. The third-order valence-electron chi connectivity index (χ3n) is 12.8. The first-order valence-corrected chi connectivity index (χ1v) is 26.6. The maximum absolute atomic E-state index is 13.0. The molecular weight excluding hydrogens is 897 g/mol. The average molecular weight is 993 g/mol. The molecule has 0 fully saturated rings. The van der Waals surface area contributed by atoms with Gasteiger partial charge in [0.1, 0.15) is 0 Å². The fourth-order valence-electron chi connectivity index (χ4n) is 8.03. The number of carbonyl (C=O) groups excluding carboxylic acids is 2. The summed E-state index contributed by atoms with van der Waals surface area (Å²) in [6, 6.07) is 0. The fourth-order valence-corrected chi connectivity index (χ4v) is 8.03. The number of carbonyl (C=O) groups is 3. The van der Waals surface area contributed by atoms with Crippen LogP contribution >= 0.6 is 0 Å². The lowest BCUT2D eigenvalue weighted by atomic mass is 9.99. The molecule has 8 heteroatoms. The van der Waals surface area contributed by atoms with Crippen LogP contribution in [0.15, 0.2) is 117 Å². The molecule has 1 N–H and O–H groups in total. The molecule has 0 aromatic heterocycles. The minimum Gasteiger partial charge on any atom is -0.490 e. The van der Waals surface area contributed by atoms with Crippen LogP contribution in [0.5, 0.6) is 23.0 Å². The van der Waals surface area contributed by atoms with Crippen LogP contribution in [0.1, 0.15) is 216 Å². The molecule has 0 spiro atoms. The summed E-state index contributed by atoms with van der Waals surface area (Å²) in [6.45, 7) is 29.7.